The number of pyridine rings is 1. The van der Waals surface area contributed by atoms with Gasteiger partial charge in [-0.2, -0.15) is 0 Å². The highest BCUT2D eigenvalue weighted by Crippen LogP contribution is 2.38. The number of benzene rings is 1. The van der Waals surface area contributed by atoms with E-state index >= 15 is 0 Å². The van der Waals surface area contributed by atoms with Crippen molar-refractivity contribution < 1.29 is 18.4 Å². The molecule has 2 N–H and O–H groups in total. The second-order valence-corrected chi connectivity index (χ2v) is 11.0. The van der Waals surface area contributed by atoms with Crippen molar-refractivity contribution in [2.24, 2.45) is 5.92 Å². The van der Waals surface area contributed by atoms with Crippen LogP contribution in [0.2, 0.25) is 5.02 Å². The number of alkyl halides is 2. The number of carbonyl (C=O) groups is 2. The Morgan fingerprint density at radius 3 is 2.49 bits per heavy atom. The number of nitrogens with one attached hydrogen (secondary N) is 2. The molecule has 1 unspecified atom stereocenters. The standard InChI is InChI=1S/C29H32ClF2N5O2/c1-18-25(23(30)11-14-33-18)19-3-5-21(6-4-19)34-28(39)26(20-9-12-29(31,32)13-10-20)35-27(38)24-8-7-22-17-36(2)15-16-37(22)24/h3-8,11,14,20,26H,9-10,12-13,15-17H2,1-2H3,(H,34,39)(H,35,38). The molecule has 1 saturated carbocycles. The third-order valence-corrected chi connectivity index (χ3v) is 8.09. The zero-order valence-electron chi connectivity index (χ0n) is 22.0. The van der Waals surface area contributed by atoms with Crippen molar-refractivity contribution in [3.05, 3.63) is 70.8 Å². The molecule has 2 aromatic heterocycles. The second kappa shape index (κ2) is 11.1. The van der Waals surface area contributed by atoms with Gasteiger partial charge in [0.15, 0.2) is 0 Å². The fourth-order valence-electron chi connectivity index (χ4n) is 5.57. The molecule has 39 heavy (non-hydrogen) atoms. The minimum absolute atomic E-state index is 0.153. The summed E-state index contributed by atoms with van der Waals surface area (Å²) in [5.74, 6) is -3.94. The maximum atomic E-state index is 13.9. The van der Waals surface area contributed by atoms with Gasteiger partial charge in [0.25, 0.3) is 5.91 Å². The molecule has 1 atom stereocenters. The van der Waals surface area contributed by atoms with Gasteiger partial charge in [-0.1, -0.05) is 23.7 Å². The molecule has 1 aliphatic carbocycles. The minimum Gasteiger partial charge on any atom is -0.339 e. The number of carbonyl (C=O) groups excluding carboxylic acids is 2. The monoisotopic (exact) mass is 555 g/mol. The van der Waals surface area contributed by atoms with E-state index in [9.17, 15) is 18.4 Å². The van der Waals surface area contributed by atoms with Crippen LogP contribution >= 0.6 is 11.6 Å². The van der Waals surface area contributed by atoms with Crippen LogP contribution in [0.15, 0.2) is 48.7 Å². The summed E-state index contributed by atoms with van der Waals surface area (Å²) in [6, 6.07) is 11.6. The molecule has 1 aliphatic heterocycles. The zero-order valence-corrected chi connectivity index (χ0v) is 22.8. The lowest BCUT2D eigenvalue weighted by atomic mass is 9.81. The highest BCUT2D eigenvalue weighted by molar-refractivity contribution is 6.33. The number of halogens is 3. The van der Waals surface area contributed by atoms with E-state index in [-0.39, 0.29) is 31.6 Å². The lowest BCUT2D eigenvalue weighted by Crippen LogP contribution is -2.50. The number of rotatable bonds is 6. The van der Waals surface area contributed by atoms with Crippen LogP contribution in [0.3, 0.4) is 0 Å². The lowest BCUT2D eigenvalue weighted by Gasteiger charge is -2.33. The van der Waals surface area contributed by atoms with Gasteiger partial charge in [-0.05, 0) is 68.6 Å². The predicted octanol–water partition coefficient (Wildman–Crippen LogP) is 5.52. The Morgan fingerprint density at radius 1 is 1.08 bits per heavy atom. The maximum absolute atomic E-state index is 13.9. The second-order valence-electron chi connectivity index (χ2n) is 10.6. The van der Waals surface area contributed by atoms with E-state index in [0.29, 0.717) is 22.9 Å². The van der Waals surface area contributed by atoms with Gasteiger partial charge in [0.2, 0.25) is 11.8 Å². The van der Waals surface area contributed by atoms with Crippen molar-refractivity contribution in [1.82, 2.24) is 19.8 Å². The third kappa shape index (κ3) is 5.99. The molecule has 10 heteroatoms. The molecular formula is C29H32ClF2N5O2. The first-order valence-corrected chi connectivity index (χ1v) is 13.6. The molecule has 0 spiro atoms. The fourth-order valence-corrected chi connectivity index (χ4v) is 5.87. The first-order chi connectivity index (χ1) is 18.6. The van der Waals surface area contributed by atoms with Gasteiger partial charge in [-0.3, -0.25) is 19.5 Å². The van der Waals surface area contributed by atoms with E-state index in [1.165, 1.54) is 0 Å². The quantitative estimate of drug-likeness (QED) is 0.420. The summed E-state index contributed by atoms with van der Waals surface area (Å²) in [4.78, 5) is 33.4. The number of likely N-dealkylation sites (N-methyl/N-ethyl adjacent to an activating group) is 1. The van der Waals surface area contributed by atoms with Crippen LogP contribution in [-0.4, -0.2) is 51.8 Å². The van der Waals surface area contributed by atoms with Crippen molar-refractivity contribution in [1.29, 1.82) is 0 Å². The average Bonchev–Trinajstić information content (AvgIpc) is 3.31. The third-order valence-electron chi connectivity index (χ3n) is 7.77. The molecule has 2 amide bonds. The van der Waals surface area contributed by atoms with Gasteiger partial charge in [-0.15, -0.1) is 0 Å². The van der Waals surface area contributed by atoms with Crippen LogP contribution in [0.4, 0.5) is 14.5 Å². The van der Waals surface area contributed by atoms with E-state index in [1.807, 2.05) is 36.7 Å². The molecule has 0 saturated heterocycles. The number of fused-ring (bicyclic) bond motifs is 1. The summed E-state index contributed by atoms with van der Waals surface area (Å²) in [7, 11) is 2.02. The van der Waals surface area contributed by atoms with Crippen molar-refractivity contribution >= 4 is 29.1 Å². The van der Waals surface area contributed by atoms with Crippen LogP contribution in [0.5, 0.6) is 0 Å². The predicted molar refractivity (Wildman–Crippen MR) is 147 cm³/mol. The van der Waals surface area contributed by atoms with Gasteiger partial charge in [0.05, 0.1) is 5.02 Å². The maximum Gasteiger partial charge on any atom is 0.268 e. The van der Waals surface area contributed by atoms with Crippen molar-refractivity contribution in [3.8, 4) is 11.1 Å². The Balaban J connectivity index is 1.34. The van der Waals surface area contributed by atoms with Gasteiger partial charge in [-0.25, -0.2) is 8.78 Å². The largest absolute Gasteiger partial charge is 0.339 e. The molecule has 5 rings (SSSR count). The zero-order chi connectivity index (χ0) is 27.7. The first kappa shape index (κ1) is 27.3. The summed E-state index contributed by atoms with van der Waals surface area (Å²) in [5.41, 5.74) is 4.49. The molecule has 0 radical (unpaired) electrons. The Bertz CT molecular complexity index is 1340. The molecule has 1 aromatic carbocycles. The normalized spacial score (nSPS) is 18.3. The van der Waals surface area contributed by atoms with Crippen molar-refractivity contribution in [2.75, 3.05) is 18.9 Å². The fraction of sp³-hybridized carbons (Fsp3) is 0.414. The van der Waals surface area contributed by atoms with Crippen LogP contribution in [0, 0.1) is 12.8 Å². The number of hydrogen-bond acceptors (Lipinski definition) is 4. The number of amides is 2. The Morgan fingerprint density at radius 2 is 1.79 bits per heavy atom. The molecule has 0 bridgehead atoms. The highest BCUT2D eigenvalue weighted by Gasteiger charge is 2.40. The number of aromatic nitrogens is 2. The van der Waals surface area contributed by atoms with Crippen molar-refractivity contribution in [2.45, 2.75) is 57.7 Å². The number of nitrogens with zero attached hydrogens (tertiary/aromatic N) is 3. The molecule has 7 nitrogen and oxygen atoms in total. The minimum atomic E-state index is -2.74. The van der Waals surface area contributed by atoms with Gasteiger partial charge < -0.3 is 15.2 Å². The van der Waals surface area contributed by atoms with E-state index in [0.717, 1.165) is 35.6 Å². The van der Waals surface area contributed by atoms with Gasteiger partial charge in [0.1, 0.15) is 11.7 Å². The van der Waals surface area contributed by atoms with E-state index in [2.05, 4.69) is 20.5 Å². The SMILES string of the molecule is Cc1nccc(Cl)c1-c1ccc(NC(=O)C(NC(=O)c2ccc3n2CCN(C)C3)C2CCC(F)(F)CC2)cc1. The molecular weight excluding hydrogens is 524 g/mol. The summed E-state index contributed by atoms with van der Waals surface area (Å²) < 4.78 is 29.8. The molecule has 3 aromatic rings. The Labute approximate surface area is 231 Å². The number of aryl methyl sites for hydroxylation is 1. The van der Waals surface area contributed by atoms with Gasteiger partial charge >= 0.3 is 0 Å². The van der Waals surface area contributed by atoms with E-state index < -0.39 is 23.8 Å². The van der Waals surface area contributed by atoms with Gasteiger partial charge in [0, 0.05) is 61.3 Å². The van der Waals surface area contributed by atoms with E-state index in [4.69, 9.17) is 11.6 Å². The lowest BCUT2D eigenvalue weighted by molar-refractivity contribution is -0.121. The Hall–Kier alpha value is -3.30. The Kier molecular flexibility index (Phi) is 7.73. The summed E-state index contributed by atoms with van der Waals surface area (Å²) in [6.45, 7) is 4.08. The summed E-state index contributed by atoms with van der Waals surface area (Å²) in [6.07, 6.45) is 1.35. The van der Waals surface area contributed by atoms with E-state index in [1.54, 1.807) is 30.5 Å². The molecule has 2 aliphatic rings. The smallest absolute Gasteiger partial charge is 0.268 e. The number of anilines is 1. The first-order valence-electron chi connectivity index (χ1n) is 13.2. The van der Waals surface area contributed by atoms with Crippen LogP contribution in [-0.2, 0) is 17.9 Å². The van der Waals surface area contributed by atoms with Crippen LogP contribution in [0.1, 0.15) is 47.6 Å². The topological polar surface area (TPSA) is 79.3 Å². The number of hydrogen-bond donors (Lipinski definition) is 2. The highest BCUT2D eigenvalue weighted by atomic mass is 35.5. The summed E-state index contributed by atoms with van der Waals surface area (Å²) >= 11 is 6.37. The van der Waals surface area contributed by atoms with Crippen LogP contribution in [0.25, 0.3) is 11.1 Å². The van der Waals surface area contributed by atoms with Crippen LogP contribution < -0.4 is 10.6 Å². The summed E-state index contributed by atoms with van der Waals surface area (Å²) in [5, 5.41) is 6.36. The molecule has 206 valence electrons. The average molecular weight is 556 g/mol. The molecule has 3 heterocycles. The van der Waals surface area contributed by atoms with Crippen molar-refractivity contribution in [3.63, 3.8) is 0 Å². The molecule has 1 fully saturated rings.